The van der Waals surface area contributed by atoms with Crippen LogP contribution in [0.25, 0.3) is 10.2 Å². The molecule has 1 fully saturated rings. The minimum absolute atomic E-state index is 0.528. The lowest BCUT2D eigenvalue weighted by Gasteiger charge is -2.16. The summed E-state index contributed by atoms with van der Waals surface area (Å²) in [5.41, 5.74) is 6.88. The number of aromatic nitrogens is 1. The van der Waals surface area contributed by atoms with E-state index in [-0.39, 0.29) is 0 Å². The van der Waals surface area contributed by atoms with Crippen molar-refractivity contribution in [1.82, 2.24) is 9.88 Å². The number of rotatable bonds is 3. The van der Waals surface area contributed by atoms with Gasteiger partial charge in [0.25, 0.3) is 0 Å². The first-order chi connectivity index (χ1) is 9.13. The molecule has 6 heteroatoms. The van der Waals surface area contributed by atoms with E-state index in [2.05, 4.69) is 9.98 Å². The van der Waals surface area contributed by atoms with Crippen LogP contribution in [0.4, 0.5) is 0 Å². The molecule has 1 aromatic heterocycles. The van der Waals surface area contributed by atoms with Crippen LogP contribution in [-0.4, -0.2) is 28.9 Å². The van der Waals surface area contributed by atoms with Gasteiger partial charge in [-0.05, 0) is 31.0 Å². The number of guanidine groups is 1. The van der Waals surface area contributed by atoms with Crippen LogP contribution in [0.1, 0.15) is 17.8 Å². The fourth-order valence-corrected chi connectivity index (χ4v) is 2.96. The van der Waals surface area contributed by atoms with Gasteiger partial charge in [-0.25, -0.2) is 9.98 Å². The highest BCUT2D eigenvalue weighted by molar-refractivity contribution is 7.18. The number of nitrogens with two attached hydrogens (primary N) is 1. The molecule has 0 radical (unpaired) electrons. The van der Waals surface area contributed by atoms with Crippen molar-refractivity contribution in [2.45, 2.75) is 25.4 Å². The van der Waals surface area contributed by atoms with Crippen molar-refractivity contribution < 1.29 is 0 Å². The fourth-order valence-electron chi connectivity index (χ4n) is 1.92. The molecule has 0 aliphatic heterocycles. The van der Waals surface area contributed by atoms with E-state index >= 15 is 0 Å². The number of hydrogen-bond acceptors (Lipinski definition) is 3. The lowest BCUT2D eigenvalue weighted by molar-refractivity contribution is 0.487. The summed E-state index contributed by atoms with van der Waals surface area (Å²) in [5.74, 6) is 0.597. The average molecular weight is 295 g/mol. The topological polar surface area (TPSA) is 54.5 Å². The highest BCUT2D eigenvalue weighted by Gasteiger charge is 2.27. The summed E-state index contributed by atoms with van der Waals surface area (Å²) in [4.78, 5) is 11.0. The number of hydrogen-bond donors (Lipinski definition) is 1. The standard InChI is InChI=1S/C13H15ClN4S/c1-18(9-3-4-9)13(15)16-7-12-17-10-6-8(14)2-5-11(10)19-12/h2,5-6,9H,3-4,7H2,1H3,(H2,15,16). The van der Waals surface area contributed by atoms with Crippen LogP contribution in [0.2, 0.25) is 5.02 Å². The molecule has 0 bridgehead atoms. The molecule has 2 aromatic rings. The molecule has 0 unspecified atom stereocenters. The number of benzene rings is 1. The van der Waals surface area contributed by atoms with Crippen molar-refractivity contribution in [3.05, 3.63) is 28.2 Å². The average Bonchev–Trinajstić information content (AvgIpc) is 3.16. The Hall–Kier alpha value is -1.33. The molecular weight excluding hydrogens is 280 g/mol. The summed E-state index contributed by atoms with van der Waals surface area (Å²) in [5, 5.41) is 1.67. The molecule has 3 rings (SSSR count). The first kappa shape index (κ1) is 12.7. The Kier molecular flexibility index (Phi) is 3.33. The zero-order valence-corrected chi connectivity index (χ0v) is 12.2. The maximum absolute atomic E-state index is 5.96. The molecule has 19 heavy (non-hydrogen) atoms. The van der Waals surface area contributed by atoms with Gasteiger partial charge in [0.15, 0.2) is 5.96 Å². The summed E-state index contributed by atoms with van der Waals surface area (Å²) >= 11 is 7.58. The Labute approximate surface area is 120 Å². The van der Waals surface area contributed by atoms with E-state index in [1.54, 1.807) is 11.3 Å². The van der Waals surface area contributed by atoms with E-state index in [4.69, 9.17) is 17.3 Å². The van der Waals surface area contributed by atoms with Crippen LogP contribution in [0.15, 0.2) is 23.2 Å². The lowest BCUT2D eigenvalue weighted by atomic mass is 10.3. The Morgan fingerprint density at radius 3 is 3.11 bits per heavy atom. The van der Waals surface area contributed by atoms with E-state index in [0.29, 0.717) is 23.6 Å². The normalized spacial score (nSPS) is 16.0. The van der Waals surface area contributed by atoms with Gasteiger partial charge >= 0.3 is 0 Å². The van der Waals surface area contributed by atoms with E-state index in [1.807, 2.05) is 30.1 Å². The predicted molar refractivity (Wildman–Crippen MR) is 80.7 cm³/mol. The second-order valence-corrected chi connectivity index (χ2v) is 6.29. The van der Waals surface area contributed by atoms with Crippen LogP contribution in [0.3, 0.4) is 0 Å². The number of aliphatic imine (C=N–C) groups is 1. The fraction of sp³-hybridized carbons (Fsp3) is 0.385. The molecule has 1 aromatic carbocycles. The van der Waals surface area contributed by atoms with Gasteiger partial charge < -0.3 is 10.6 Å². The highest BCUT2D eigenvalue weighted by atomic mass is 35.5. The quantitative estimate of drug-likeness (QED) is 0.699. The molecule has 100 valence electrons. The van der Waals surface area contributed by atoms with E-state index in [1.165, 1.54) is 12.8 Å². The van der Waals surface area contributed by atoms with Gasteiger partial charge in [0.1, 0.15) is 5.01 Å². The first-order valence-electron chi connectivity index (χ1n) is 6.21. The number of halogens is 1. The molecule has 4 nitrogen and oxygen atoms in total. The number of fused-ring (bicyclic) bond motifs is 1. The van der Waals surface area contributed by atoms with Gasteiger partial charge in [-0.3, -0.25) is 0 Å². The molecule has 0 spiro atoms. The second kappa shape index (κ2) is 4.98. The summed E-state index contributed by atoms with van der Waals surface area (Å²) in [6, 6.07) is 6.32. The van der Waals surface area contributed by atoms with Crippen molar-refractivity contribution >= 4 is 39.1 Å². The van der Waals surface area contributed by atoms with Crippen molar-refractivity contribution in [2.75, 3.05) is 7.05 Å². The Morgan fingerprint density at radius 2 is 2.37 bits per heavy atom. The van der Waals surface area contributed by atoms with Crippen molar-refractivity contribution in [3.63, 3.8) is 0 Å². The van der Waals surface area contributed by atoms with Crippen molar-refractivity contribution in [1.29, 1.82) is 0 Å². The van der Waals surface area contributed by atoms with E-state index in [0.717, 1.165) is 15.2 Å². The lowest BCUT2D eigenvalue weighted by Crippen LogP contribution is -2.35. The van der Waals surface area contributed by atoms with Crippen LogP contribution < -0.4 is 5.73 Å². The molecule has 1 aliphatic carbocycles. The predicted octanol–water partition coefficient (Wildman–Crippen LogP) is 2.86. The third-order valence-electron chi connectivity index (χ3n) is 3.23. The molecule has 0 atom stereocenters. The van der Waals surface area contributed by atoms with E-state index < -0.39 is 0 Å². The molecular formula is C13H15ClN4S. The monoisotopic (exact) mass is 294 g/mol. The number of thiazole rings is 1. The van der Waals surface area contributed by atoms with Crippen molar-refractivity contribution in [3.8, 4) is 0 Å². The second-order valence-electron chi connectivity index (χ2n) is 4.74. The van der Waals surface area contributed by atoms with Gasteiger partial charge in [-0.15, -0.1) is 11.3 Å². The Balaban J connectivity index is 1.75. The maximum Gasteiger partial charge on any atom is 0.191 e. The molecule has 1 saturated carbocycles. The minimum Gasteiger partial charge on any atom is -0.370 e. The largest absolute Gasteiger partial charge is 0.370 e. The van der Waals surface area contributed by atoms with Crippen LogP contribution in [0, 0.1) is 0 Å². The summed E-state index contributed by atoms with van der Waals surface area (Å²) in [6.45, 7) is 0.528. The smallest absolute Gasteiger partial charge is 0.191 e. The Morgan fingerprint density at radius 1 is 1.58 bits per heavy atom. The third-order valence-corrected chi connectivity index (χ3v) is 4.48. The zero-order chi connectivity index (χ0) is 13.4. The minimum atomic E-state index is 0.528. The van der Waals surface area contributed by atoms with Gasteiger partial charge in [0.2, 0.25) is 0 Å². The van der Waals surface area contributed by atoms with Crippen molar-refractivity contribution in [2.24, 2.45) is 10.7 Å². The molecule has 2 N–H and O–H groups in total. The SMILES string of the molecule is CN(C(N)=NCc1nc2cc(Cl)ccc2s1)C1CC1. The van der Waals surface area contributed by atoms with E-state index in [9.17, 15) is 0 Å². The molecule has 1 heterocycles. The summed E-state index contributed by atoms with van der Waals surface area (Å²) < 4.78 is 1.13. The molecule has 1 aliphatic rings. The highest BCUT2D eigenvalue weighted by Crippen LogP contribution is 2.26. The third kappa shape index (κ3) is 2.82. The molecule has 0 amide bonds. The van der Waals surface area contributed by atoms with Crippen LogP contribution in [0.5, 0.6) is 0 Å². The van der Waals surface area contributed by atoms with Crippen LogP contribution >= 0.6 is 22.9 Å². The number of nitrogens with zero attached hydrogens (tertiary/aromatic N) is 3. The van der Waals surface area contributed by atoms with Gasteiger partial charge in [-0.2, -0.15) is 0 Å². The zero-order valence-electron chi connectivity index (χ0n) is 10.6. The Bertz CT molecular complexity index is 633. The maximum atomic E-state index is 5.96. The van der Waals surface area contributed by atoms with Crippen LogP contribution in [-0.2, 0) is 6.54 Å². The van der Waals surface area contributed by atoms with Gasteiger partial charge in [-0.1, -0.05) is 11.6 Å². The van der Waals surface area contributed by atoms with Gasteiger partial charge in [0, 0.05) is 18.1 Å². The first-order valence-corrected chi connectivity index (χ1v) is 7.40. The van der Waals surface area contributed by atoms with Gasteiger partial charge in [0.05, 0.1) is 16.8 Å². The summed E-state index contributed by atoms with van der Waals surface area (Å²) in [6.07, 6.45) is 2.43. The summed E-state index contributed by atoms with van der Waals surface area (Å²) in [7, 11) is 1.99. The molecule has 0 saturated heterocycles.